The number of hydrogen-bond acceptors (Lipinski definition) is 3. The van der Waals surface area contributed by atoms with Gasteiger partial charge in [0, 0.05) is 0 Å². The molecule has 1 aromatic carbocycles. The lowest BCUT2D eigenvalue weighted by molar-refractivity contribution is 0.199. The zero-order valence-corrected chi connectivity index (χ0v) is 7.81. The van der Waals surface area contributed by atoms with Crippen LogP contribution in [0.3, 0.4) is 0 Å². The van der Waals surface area contributed by atoms with Gasteiger partial charge in [0.05, 0.1) is 11.3 Å². The van der Waals surface area contributed by atoms with E-state index >= 15 is 0 Å². The highest BCUT2D eigenvalue weighted by Crippen LogP contribution is 2.21. The molecule has 4 heteroatoms. The standard InChI is InChI=1S/C9H8FNOS/c1-6(12)7-2-3-9(11-5-13)8(10)4-7/h2-4,6,12H,1H3/t6-/m1/s1. The molecule has 0 heterocycles. The number of aliphatic hydroxyl groups excluding tert-OH is 1. The second-order valence-corrected chi connectivity index (χ2v) is 2.77. The van der Waals surface area contributed by atoms with Crippen LogP contribution >= 0.6 is 12.2 Å². The van der Waals surface area contributed by atoms with Gasteiger partial charge < -0.3 is 5.11 Å². The van der Waals surface area contributed by atoms with Gasteiger partial charge in [0.1, 0.15) is 11.5 Å². The summed E-state index contributed by atoms with van der Waals surface area (Å²) in [6.07, 6.45) is -0.681. The molecular weight excluding hydrogens is 189 g/mol. The number of thiocarbonyl (C=S) groups is 1. The third kappa shape index (κ3) is 2.42. The van der Waals surface area contributed by atoms with Crippen LogP contribution in [0.15, 0.2) is 23.2 Å². The van der Waals surface area contributed by atoms with E-state index in [2.05, 4.69) is 22.4 Å². The van der Waals surface area contributed by atoms with E-state index in [-0.39, 0.29) is 5.69 Å². The van der Waals surface area contributed by atoms with E-state index in [1.165, 1.54) is 12.1 Å². The predicted octanol–water partition coefficient (Wildman–Crippen LogP) is 2.61. The Balaban J connectivity index is 3.12. The smallest absolute Gasteiger partial charge is 0.150 e. The van der Waals surface area contributed by atoms with E-state index in [0.717, 1.165) is 0 Å². The molecule has 1 rings (SSSR count). The quantitative estimate of drug-likeness (QED) is 0.584. The molecule has 0 aromatic heterocycles. The Kier molecular flexibility index (Phi) is 3.25. The molecule has 2 nitrogen and oxygen atoms in total. The fourth-order valence-electron chi connectivity index (χ4n) is 0.923. The normalized spacial score (nSPS) is 11.9. The first-order chi connectivity index (χ1) is 6.15. The van der Waals surface area contributed by atoms with Crippen molar-refractivity contribution >= 4 is 23.1 Å². The van der Waals surface area contributed by atoms with Crippen LogP contribution in [-0.4, -0.2) is 10.3 Å². The Bertz CT molecular complexity index is 359. The van der Waals surface area contributed by atoms with E-state index in [0.29, 0.717) is 5.56 Å². The fourth-order valence-corrected chi connectivity index (χ4v) is 1.02. The van der Waals surface area contributed by atoms with Crippen LogP contribution in [0, 0.1) is 5.82 Å². The van der Waals surface area contributed by atoms with Crippen molar-refractivity contribution in [1.29, 1.82) is 0 Å². The first-order valence-electron chi connectivity index (χ1n) is 3.70. The van der Waals surface area contributed by atoms with Crippen molar-refractivity contribution in [1.82, 2.24) is 0 Å². The molecule has 0 aliphatic rings. The molecule has 0 saturated carbocycles. The van der Waals surface area contributed by atoms with Gasteiger partial charge in [-0.25, -0.2) is 4.39 Å². The number of hydrogen-bond donors (Lipinski definition) is 1. The summed E-state index contributed by atoms with van der Waals surface area (Å²) >= 11 is 4.35. The molecule has 0 aliphatic heterocycles. The van der Waals surface area contributed by atoms with Gasteiger partial charge in [0.15, 0.2) is 0 Å². The predicted molar refractivity (Wildman–Crippen MR) is 51.7 cm³/mol. The minimum absolute atomic E-state index is 0.138. The highest BCUT2D eigenvalue weighted by molar-refractivity contribution is 7.78. The van der Waals surface area contributed by atoms with Gasteiger partial charge in [-0.05, 0) is 36.8 Å². The maximum Gasteiger partial charge on any atom is 0.150 e. The molecule has 68 valence electrons. The summed E-state index contributed by atoms with van der Waals surface area (Å²) in [5.74, 6) is -0.504. The third-order valence-electron chi connectivity index (χ3n) is 1.62. The number of benzene rings is 1. The van der Waals surface area contributed by atoms with E-state index in [1.54, 1.807) is 13.0 Å². The summed E-state index contributed by atoms with van der Waals surface area (Å²) in [6, 6.07) is 4.28. The minimum atomic E-state index is -0.681. The van der Waals surface area contributed by atoms with Gasteiger partial charge in [-0.1, -0.05) is 6.07 Å². The molecule has 0 radical (unpaired) electrons. The number of isothiocyanates is 1. The zero-order valence-electron chi connectivity index (χ0n) is 6.99. The van der Waals surface area contributed by atoms with Crippen molar-refractivity contribution in [2.24, 2.45) is 4.99 Å². The first kappa shape index (κ1) is 9.99. The largest absolute Gasteiger partial charge is 0.389 e. The molecule has 1 aromatic rings. The number of halogens is 1. The number of nitrogens with zero attached hydrogens (tertiary/aromatic N) is 1. The first-order valence-corrected chi connectivity index (χ1v) is 4.11. The van der Waals surface area contributed by atoms with Crippen LogP contribution in [0.2, 0.25) is 0 Å². The van der Waals surface area contributed by atoms with E-state index < -0.39 is 11.9 Å². The average molecular weight is 197 g/mol. The molecule has 1 N–H and O–H groups in total. The van der Waals surface area contributed by atoms with Crippen LogP contribution in [0.1, 0.15) is 18.6 Å². The lowest BCUT2D eigenvalue weighted by Gasteiger charge is -2.04. The van der Waals surface area contributed by atoms with E-state index in [4.69, 9.17) is 5.11 Å². The van der Waals surface area contributed by atoms with Crippen molar-refractivity contribution in [3.8, 4) is 0 Å². The molecule has 0 aliphatic carbocycles. The monoisotopic (exact) mass is 197 g/mol. The topological polar surface area (TPSA) is 32.6 Å². The molecule has 0 bridgehead atoms. The molecule has 0 fully saturated rings. The highest BCUT2D eigenvalue weighted by Gasteiger charge is 2.05. The van der Waals surface area contributed by atoms with Gasteiger partial charge in [-0.3, -0.25) is 0 Å². The Hall–Kier alpha value is -1.09. The SMILES string of the molecule is C[C@@H](O)c1ccc(N=C=S)c(F)c1. The second kappa shape index (κ2) is 4.23. The summed E-state index contributed by atoms with van der Waals surface area (Å²) < 4.78 is 13.1. The maximum atomic E-state index is 13.1. The summed E-state index contributed by atoms with van der Waals surface area (Å²) in [4.78, 5) is 3.51. The van der Waals surface area contributed by atoms with E-state index in [1.807, 2.05) is 0 Å². The van der Waals surface area contributed by atoms with Gasteiger partial charge in [-0.2, -0.15) is 4.99 Å². The Morgan fingerprint density at radius 1 is 1.62 bits per heavy atom. The summed E-state index contributed by atoms with van der Waals surface area (Å²) in [7, 11) is 0. The summed E-state index contributed by atoms with van der Waals surface area (Å²) in [5, 5.41) is 11.2. The van der Waals surface area contributed by atoms with Gasteiger partial charge in [-0.15, -0.1) is 0 Å². The Labute approximate surface area is 80.7 Å². The van der Waals surface area contributed by atoms with Crippen molar-refractivity contribution < 1.29 is 9.50 Å². The van der Waals surface area contributed by atoms with Gasteiger partial charge in [0.25, 0.3) is 0 Å². The zero-order chi connectivity index (χ0) is 9.84. The van der Waals surface area contributed by atoms with Crippen molar-refractivity contribution in [2.75, 3.05) is 0 Å². The average Bonchev–Trinajstić information content (AvgIpc) is 2.08. The third-order valence-corrected chi connectivity index (χ3v) is 1.71. The van der Waals surface area contributed by atoms with Gasteiger partial charge in [0.2, 0.25) is 0 Å². The molecule has 0 saturated heterocycles. The lowest BCUT2D eigenvalue weighted by atomic mass is 10.1. The highest BCUT2D eigenvalue weighted by atomic mass is 32.1. The number of rotatable bonds is 2. The lowest BCUT2D eigenvalue weighted by Crippen LogP contribution is -1.91. The van der Waals surface area contributed by atoms with Crippen molar-refractivity contribution in [2.45, 2.75) is 13.0 Å². The Morgan fingerprint density at radius 3 is 2.77 bits per heavy atom. The molecular formula is C9H8FNOS. The summed E-state index contributed by atoms with van der Waals surface area (Å²) in [5.41, 5.74) is 0.653. The molecule has 13 heavy (non-hydrogen) atoms. The molecule has 1 atom stereocenters. The van der Waals surface area contributed by atoms with Crippen LogP contribution in [0.4, 0.5) is 10.1 Å². The van der Waals surface area contributed by atoms with Crippen LogP contribution in [0.5, 0.6) is 0 Å². The second-order valence-electron chi connectivity index (χ2n) is 2.59. The van der Waals surface area contributed by atoms with Crippen LogP contribution in [-0.2, 0) is 0 Å². The van der Waals surface area contributed by atoms with Crippen LogP contribution in [0.25, 0.3) is 0 Å². The van der Waals surface area contributed by atoms with Crippen molar-refractivity contribution in [3.05, 3.63) is 29.6 Å². The molecule has 0 spiro atoms. The number of aliphatic hydroxyl groups is 1. The Morgan fingerprint density at radius 2 is 2.31 bits per heavy atom. The number of aliphatic imine (C=N–C) groups is 1. The van der Waals surface area contributed by atoms with E-state index in [9.17, 15) is 4.39 Å². The fraction of sp³-hybridized carbons (Fsp3) is 0.222. The molecule has 0 amide bonds. The molecule has 0 unspecified atom stereocenters. The van der Waals surface area contributed by atoms with Crippen LogP contribution < -0.4 is 0 Å². The maximum absolute atomic E-state index is 13.1. The minimum Gasteiger partial charge on any atom is -0.389 e. The van der Waals surface area contributed by atoms with Gasteiger partial charge >= 0.3 is 0 Å². The summed E-state index contributed by atoms with van der Waals surface area (Å²) in [6.45, 7) is 1.57. The van der Waals surface area contributed by atoms with Crippen molar-refractivity contribution in [3.63, 3.8) is 0 Å².